The van der Waals surface area contributed by atoms with Gasteiger partial charge in [0.25, 0.3) is 0 Å². The highest BCUT2D eigenvalue weighted by Crippen LogP contribution is 2.26. The first-order valence-electron chi connectivity index (χ1n) is 6.31. The predicted molar refractivity (Wildman–Crippen MR) is 80.2 cm³/mol. The first-order valence-corrected chi connectivity index (χ1v) is 6.31. The summed E-state index contributed by atoms with van der Waals surface area (Å²) in [7, 11) is 0. The van der Waals surface area contributed by atoms with Crippen molar-refractivity contribution in [3.8, 4) is 11.3 Å². The maximum Gasteiger partial charge on any atom is 0.410 e. The highest BCUT2D eigenvalue weighted by atomic mass is 16.4. The van der Waals surface area contributed by atoms with Gasteiger partial charge >= 0.3 is 6.09 Å². The van der Waals surface area contributed by atoms with E-state index in [0.717, 1.165) is 0 Å². The number of carboxylic acid groups (broad SMARTS) is 1. The summed E-state index contributed by atoms with van der Waals surface area (Å²) in [6.07, 6.45) is -1.34. The van der Waals surface area contributed by atoms with Crippen LogP contribution in [0.2, 0.25) is 0 Å². The number of benzene rings is 1. The first kappa shape index (κ1) is 13.6. The molecule has 3 N–H and O–H groups in total. The fourth-order valence-electron chi connectivity index (χ4n) is 2.12. The number of rotatable bonds is 2. The Morgan fingerprint density at radius 3 is 2.68 bits per heavy atom. The zero-order valence-electron chi connectivity index (χ0n) is 11.1. The molecule has 0 aliphatic rings. The topological polar surface area (TPSA) is 112 Å². The minimum absolute atomic E-state index is 0.0570. The molecule has 2 heterocycles. The lowest BCUT2D eigenvalue weighted by atomic mass is 10.1. The Bertz CT molecular complexity index is 987. The second-order valence-corrected chi connectivity index (χ2v) is 4.51. The van der Waals surface area contributed by atoms with E-state index < -0.39 is 11.7 Å². The van der Waals surface area contributed by atoms with Crippen molar-refractivity contribution in [3.05, 3.63) is 63.0 Å². The Hall–Kier alpha value is -3.35. The number of hydrogen-bond acceptors (Lipinski definition) is 4. The van der Waals surface area contributed by atoms with Gasteiger partial charge in [-0.2, -0.15) is 0 Å². The largest absolute Gasteiger partial charge is 0.465 e. The molecule has 0 aliphatic carbocycles. The molecule has 1 amide bonds. The molecule has 0 bridgehead atoms. The Morgan fingerprint density at radius 1 is 1.14 bits per heavy atom. The fourth-order valence-corrected chi connectivity index (χ4v) is 2.12. The summed E-state index contributed by atoms with van der Waals surface area (Å²) < 4.78 is 5.64. The van der Waals surface area contributed by atoms with Crippen LogP contribution in [0.5, 0.6) is 0 Å². The van der Waals surface area contributed by atoms with Gasteiger partial charge in [0.2, 0.25) is 5.56 Å². The molecule has 1 aromatic carbocycles. The van der Waals surface area contributed by atoms with Gasteiger partial charge in [0.05, 0.1) is 10.9 Å². The highest BCUT2D eigenvalue weighted by Gasteiger charge is 2.13. The molecule has 22 heavy (non-hydrogen) atoms. The molecule has 110 valence electrons. The molecule has 7 nitrogen and oxygen atoms in total. The third-order valence-corrected chi connectivity index (χ3v) is 3.05. The molecule has 0 aliphatic heterocycles. The Labute approximate surface area is 122 Å². The lowest BCUT2D eigenvalue weighted by Crippen LogP contribution is -2.15. The summed E-state index contributed by atoms with van der Waals surface area (Å²) >= 11 is 0. The van der Waals surface area contributed by atoms with Crippen LogP contribution in [-0.4, -0.2) is 16.2 Å². The molecule has 3 rings (SSSR count). The third kappa shape index (κ3) is 2.47. The molecular formula is C15H10N2O5. The van der Waals surface area contributed by atoms with E-state index in [4.69, 9.17) is 9.52 Å². The Balaban J connectivity index is 2.25. The van der Waals surface area contributed by atoms with Gasteiger partial charge in [-0.15, -0.1) is 0 Å². The van der Waals surface area contributed by atoms with Gasteiger partial charge in [-0.1, -0.05) is 12.1 Å². The zero-order chi connectivity index (χ0) is 15.7. The summed E-state index contributed by atoms with van der Waals surface area (Å²) in [4.78, 5) is 36.6. The van der Waals surface area contributed by atoms with Crippen LogP contribution in [-0.2, 0) is 0 Å². The van der Waals surface area contributed by atoms with Crippen LogP contribution in [0.1, 0.15) is 0 Å². The van der Waals surface area contributed by atoms with Gasteiger partial charge in [0.15, 0.2) is 5.43 Å². The quantitative estimate of drug-likeness (QED) is 0.671. The highest BCUT2D eigenvalue weighted by molar-refractivity contribution is 5.88. The van der Waals surface area contributed by atoms with Crippen molar-refractivity contribution in [2.75, 3.05) is 5.32 Å². The Kier molecular flexibility index (Phi) is 3.23. The Morgan fingerprint density at radius 2 is 1.91 bits per heavy atom. The molecule has 0 saturated heterocycles. The SMILES string of the molecule is O=C(O)Nc1[nH]c(=O)ccc1-c1cc(=O)c2ccccc2o1. The van der Waals surface area contributed by atoms with Gasteiger partial charge in [0.1, 0.15) is 17.2 Å². The van der Waals surface area contributed by atoms with E-state index in [2.05, 4.69) is 10.3 Å². The molecule has 2 aromatic heterocycles. The van der Waals surface area contributed by atoms with E-state index in [1.54, 1.807) is 24.3 Å². The first-order chi connectivity index (χ1) is 10.5. The molecular weight excluding hydrogens is 288 g/mol. The van der Waals surface area contributed by atoms with Crippen molar-refractivity contribution in [1.29, 1.82) is 0 Å². The number of pyridine rings is 1. The summed E-state index contributed by atoms with van der Waals surface area (Å²) in [5.74, 6) is 0.0992. The minimum Gasteiger partial charge on any atom is -0.465 e. The number of nitrogens with one attached hydrogen (secondary N) is 2. The number of aromatic nitrogens is 1. The molecule has 0 radical (unpaired) electrons. The van der Waals surface area contributed by atoms with Crippen LogP contribution in [0.25, 0.3) is 22.3 Å². The van der Waals surface area contributed by atoms with Crippen molar-refractivity contribution in [2.45, 2.75) is 0 Å². The van der Waals surface area contributed by atoms with Crippen LogP contribution in [0.4, 0.5) is 10.6 Å². The molecule has 0 spiro atoms. The normalized spacial score (nSPS) is 10.5. The van der Waals surface area contributed by atoms with Crippen molar-refractivity contribution >= 4 is 22.9 Å². The monoisotopic (exact) mass is 298 g/mol. The standard InChI is InChI=1S/C15H10N2O5/c18-10-7-12(22-11-4-2-1-3-8(10)11)9-5-6-13(19)16-14(9)17-15(20)21/h1-7H,(H,20,21)(H2,16,17,19). The van der Waals surface area contributed by atoms with Crippen LogP contribution in [0, 0.1) is 0 Å². The number of fused-ring (bicyclic) bond motifs is 1. The van der Waals surface area contributed by atoms with Crippen LogP contribution in [0.3, 0.4) is 0 Å². The molecule has 0 fully saturated rings. The molecule has 0 saturated carbocycles. The third-order valence-electron chi connectivity index (χ3n) is 3.05. The van der Waals surface area contributed by atoms with Gasteiger partial charge in [0, 0.05) is 12.1 Å². The van der Waals surface area contributed by atoms with Crippen LogP contribution < -0.4 is 16.3 Å². The second kappa shape index (κ2) is 5.21. The number of aromatic amines is 1. The van der Waals surface area contributed by atoms with Crippen molar-refractivity contribution in [1.82, 2.24) is 4.98 Å². The van der Waals surface area contributed by atoms with Crippen LogP contribution >= 0.6 is 0 Å². The predicted octanol–water partition coefficient (Wildman–Crippen LogP) is 2.24. The minimum atomic E-state index is -1.34. The maximum absolute atomic E-state index is 12.1. The smallest absolute Gasteiger partial charge is 0.410 e. The number of anilines is 1. The van der Waals surface area contributed by atoms with E-state index in [-0.39, 0.29) is 22.6 Å². The summed E-state index contributed by atoms with van der Waals surface area (Å²) in [5, 5.41) is 11.3. The van der Waals surface area contributed by atoms with E-state index >= 15 is 0 Å². The van der Waals surface area contributed by atoms with E-state index in [1.807, 2.05) is 0 Å². The van der Waals surface area contributed by atoms with E-state index in [9.17, 15) is 14.4 Å². The molecule has 7 heteroatoms. The van der Waals surface area contributed by atoms with Gasteiger partial charge in [-0.25, -0.2) is 4.79 Å². The summed E-state index contributed by atoms with van der Waals surface area (Å²) in [6, 6.07) is 10.6. The zero-order valence-corrected chi connectivity index (χ0v) is 11.1. The number of H-pyrrole nitrogens is 1. The van der Waals surface area contributed by atoms with Gasteiger partial charge in [-0.05, 0) is 18.2 Å². The van der Waals surface area contributed by atoms with E-state index in [1.165, 1.54) is 18.2 Å². The second-order valence-electron chi connectivity index (χ2n) is 4.51. The van der Waals surface area contributed by atoms with Gasteiger partial charge in [-0.3, -0.25) is 14.9 Å². The lowest BCUT2D eigenvalue weighted by Gasteiger charge is -2.08. The average molecular weight is 298 g/mol. The summed E-state index contributed by atoms with van der Waals surface area (Å²) in [6.45, 7) is 0. The van der Waals surface area contributed by atoms with Crippen molar-refractivity contribution in [3.63, 3.8) is 0 Å². The number of amides is 1. The molecule has 0 unspecified atom stereocenters. The number of para-hydroxylation sites is 1. The van der Waals surface area contributed by atoms with Gasteiger partial charge < -0.3 is 14.5 Å². The lowest BCUT2D eigenvalue weighted by molar-refractivity contribution is 0.209. The fraction of sp³-hybridized carbons (Fsp3) is 0. The number of hydrogen-bond donors (Lipinski definition) is 3. The molecule has 0 atom stereocenters. The summed E-state index contributed by atoms with van der Waals surface area (Å²) in [5.41, 5.74) is -0.0951. The van der Waals surface area contributed by atoms with Crippen LogP contribution in [0.15, 0.2) is 56.5 Å². The maximum atomic E-state index is 12.1. The van der Waals surface area contributed by atoms with E-state index in [0.29, 0.717) is 11.0 Å². The molecule has 3 aromatic rings. The van der Waals surface area contributed by atoms with Crippen molar-refractivity contribution in [2.24, 2.45) is 0 Å². The van der Waals surface area contributed by atoms with Crippen molar-refractivity contribution < 1.29 is 14.3 Å². The number of carbonyl (C=O) groups is 1. The average Bonchev–Trinajstić information content (AvgIpc) is 2.46.